The van der Waals surface area contributed by atoms with E-state index in [1.54, 1.807) is 20.2 Å². The molecule has 0 bridgehead atoms. The second-order valence-corrected chi connectivity index (χ2v) is 4.28. The van der Waals surface area contributed by atoms with E-state index < -0.39 is 0 Å². The van der Waals surface area contributed by atoms with Crippen molar-refractivity contribution in [2.75, 3.05) is 14.1 Å². The summed E-state index contributed by atoms with van der Waals surface area (Å²) in [4.78, 5) is 13.9. The zero-order valence-corrected chi connectivity index (χ0v) is 9.76. The molecule has 0 aliphatic rings. The summed E-state index contributed by atoms with van der Waals surface area (Å²) in [6, 6.07) is 3.89. The summed E-state index contributed by atoms with van der Waals surface area (Å²) in [6.45, 7) is 1.96. The topological polar surface area (TPSA) is 44.1 Å². The summed E-state index contributed by atoms with van der Waals surface area (Å²) in [5.74, 6) is -0.259. The van der Waals surface area contributed by atoms with Crippen LogP contribution < -0.4 is 0 Å². The van der Waals surface area contributed by atoms with Gasteiger partial charge in [0.05, 0.1) is 0 Å². The Labute approximate surface area is 93.3 Å². The highest BCUT2D eigenvalue weighted by atomic mass is 32.1. The van der Waals surface area contributed by atoms with E-state index in [4.69, 9.17) is 5.26 Å². The molecule has 0 spiro atoms. The molecule has 0 unspecified atom stereocenters. The van der Waals surface area contributed by atoms with Gasteiger partial charge in [-0.1, -0.05) is 0 Å². The van der Waals surface area contributed by atoms with Crippen LogP contribution in [0.2, 0.25) is 0 Å². The monoisotopic (exact) mass is 220 g/mol. The van der Waals surface area contributed by atoms with Gasteiger partial charge >= 0.3 is 0 Å². The highest BCUT2D eigenvalue weighted by Gasteiger charge is 2.11. The number of amides is 1. The summed E-state index contributed by atoms with van der Waals surface area (Å²) in [5, 5.41) is 10.8. The Balaban J connectivity index is 3.05. The Kier molecular flexibility index (Phi) is 3.64. The van der Waals surface area contributed by atoms with Crippen LogP contribution in [0.25, 0.3) is 6.08 Å². The third-order valence-electron chi connectivity index (χ3n) is 1.93. The van der Waals surface area contributed by atoms with Crippen LogP contribution >= 0.6 is 11.3 Å². The van der Waals surface area contributed by atoms with Gasteiger partial charge < -0.3 is 4.90 Å². The number of likely N-dealkylation sites (N-methyl/N-ethyl adjacent to an activating group) is 1. The first-order chi connectivity index (χ1) is 7.06. The maximum absolute atomic E-state index is 11.6. The molecule has 1 heterocycles. The van der Waals surface area contributed by atoms with Crippen molar-refractivity contribution < 1.29 is 4.79 Å². The molecular formula is C11H12N2OS. The van der Waals surface area contributed by atoms with Gasteiger partial charge in [-0.05, 0) is 30.0 Å². The highest BCUT2D eigenvalue weighted by Crippen LogP contribution is 2.19. The van der Waals surface area contributed by atoms with Crippen molar-refractivity contribution in [3.05, 3.63) is 27.5 Å². The summed E-state index contributed by atoms with van der Waals surface area (Å²) in [5.41, 5.74) is 1.25. The predicted molar refractivity (Wildman–Crippen MR) is 61.3 cm³/mol. The minimum Gasteiger partial charge on any atom is -0.344 e. The number of carbonyl (C=O) groups is 1. The smallest absolute Gasteiger partial charge is 0.264 e. The third-order valence-corrected chi connectivity index (χ3v) is 2.90. The van der Waals surface area contributed by atoms with E-state index in [9.17, 15) is 4.79 Å². The molecule has 0 N–H and O–H groups in total. The van der Waals surface area contributed by atoms with E-state index in [0.717, 1.165) is 10.4 Å². The zero-order valence-electron chi connectivity index (χ0n) is 8.94. The SMILES string of the molecule is Cc1ccsc1/C=C(\C#N)C(=O)N(C)C. The molecule has 0 aliphatic heterocycles. The quantitative estimate of drug-likeness (QED) is 0.565. The van der Waals surface area contributed by atoms with Gasteiger partial charge in [0.25, 0.3) is 5.91 Å². The molecule has 0 aromatic carbocycles. The third kappa shape index (κ3) is 2.67. The standard InChI is InChI=1S/C11H12N2OS/c1-8-4-5-15-10(8)6-9(7-12)11(14)13(2)3/h4-6H,1-3H3/b9-6+. The van der Waals surface area contributed by atoms with Gasteiger partial charge in [0.2, 0.25) is 0 Å². The molecule has 3 nitrogen and oxygen atoms in total. The Hall–Kier alpha value is -1.60. The Morgan fingerprint density at radius 1 is 1.60 bits per heavy atom. The Morgan fingerprint density at radius 3 is 2.67 bits per heavy atom. The molecular weight excluding hydrogens is 208 g/mol. The lowest BCUT2D eigenvalue weighted by Gasteiger charge is -2.08. The van der Waals surface area contributed by atoms with Crippen molar-refractivity contribution in [1.82, 2.24) is 4.90 Å². The number of hydrogen-bond acceptors (Lipinski definition) is 3. The molecule has 0 fully saturated rings. The largest absolute Gasteiger partial charge is 0.344 e. The van der Waals surface area contributed by atoms with Crippen LogP contribution in [0.15, 0.2) is 17.0 Å². The normalized spacial score (nSPS) is 10.9. The van der Waals surface area contributed by atoms with Crippen molar-refractivity contribution in [2.24, 2.45) is 0 Å². The number of carbonyl (C=O) groups excluding carboxylic acids is 1. The molecule has 0 saturated heterocycles. The van der Waals surface area contributed by atoms with Crippen LogP contribution in [0.3, 0.4) is 0 Å². The van der Waals surface area contributed by atoms with Crippen molar-refractivity contribution in [3.8, 4) is 6.07 Å². The summed E-state index contributed by atoms with van der Waals surface area (Å²) >= 11 is 1.52. The Morgan fingerprint density at radius 2 is 2.27 bits per heavy atom. The van der Waals surface area contributed by atoms with E-state index >= 15 is 0 Å². The molecule has 1 aromatic rings. The minimum absolute atomic E-state index is 0.172. The summed E-state index contributed by atoms with van der Waals surface area (Å²) in [6.07, 6.45) is 1.64. The van der Waals surface area contributed by atoms with Crippen molar-refractivity contribution in [1.29, 1.82) is 5.26 Å². The van der Waals surface area contributed by atoms with Crippen LogP contribution in [-0.2, 0) is 4.79 Å². The van der Waals surface area contributed by atoms with E-state index in [1.165, 1.54) is 16.2 Å². The number of nitriles is 1. The van der Waals surface area contributed by atoms with E-state index in [1.807, 2.05) is 24.4 Å². The second kappa shape index (κ2) is 4.76. The molecule has 0 radical (unpaired) electrons. The van der Waals surface area contributed by atoms with Crippen LogP contribution in [0.1, 0.15) is 10.4 Å². The second-order valence-electron chi connectivity index (χ2n) is 3.34. The molecule has 78 valence electrons. The van der Waals surface area contributed by atoms with Crippen LogP contribution in [-0.4, -0.2) is 24.9 Å². The molecule has 1 rings (SSSR count). The highest BCUT2D eigenvalue weighted by molar-refractivity contribution is 7.11. The molecule has 0 aliphatic carbocycles. The molecule has 1 aromatic heterocycles. The van der Waals surface area contributed by atoms with Gasteiger partial charge in [-0.3, -0.25) is 4.79 Å². The average molecular weight is 220 g/mol. The van der Waals surface area contributed by atoms with E-state index in [-0.39, 0.29) is 11.5 Å². The van der Waals surface area contributed by atoms with Crippen molar-refractivity contribution in [2.45, 2.75) is 6.92 Å². The maximum atomic E-state index is 11.6. The van der Waals surface area contributed by atoms with Gasteiger partial charge in [0.15, 0.2) is 0 Å². The van der Waals surface area contributed by atoms with Crippen LogP contribution in [0.4, 0.5) is 0 Å². The fourth-order valence-corrected chi connectivity index (χ4v) is 1.90. The number of nitrogens with zero attached hydrogens (tertiary/aromatic N) is 2. The van der Waals surface area contributed by atoms with Crippen molar-refractivity contribution in [3.63, 3.8) is 0 Å². The number of thiophene rings is 1. The maximum Gasteiger partial charge on any atom is 0.264 e. The van der Waals surface area contributed by atoms with Crippen molar-refractivity contribution >= 4 is 23.3 Å². The molecule has 0 saturated carbocycles. The fraction of sp³-hybridized carbons (Fsp3) is 0.273. The summed E-state index contributed by atoms with van der Waals surface area (Å²) in [7, 11) is 3.27. The lowest BCUT2D eigenvalue weighted by molar-refractivity contribution is -0.124. The number of hydrogen-bond donors (Lipinski definition) is 0. The lowest BCUT2D eigenvalue weighted by atomic mass is 10.2. The van der Waals surface area contributed by atoms with E-state index in [0.29, 0.717) is 0 Å². The van der Waals surface area contributed by atoms with Gasteiger partial charge in [-0.25, -0.2) is 0 Å². The van der Waals surface area contributed by atoms with Crippen LogP contribution in [0, 0.1) is 18.3 Å². The fourth-order valence-electron chi connectivity index (χ4n) is 1.05. The van der Waals surface area contributed by atoms with Crippen LogP contribution in [0.5, 0.6) is 0 Å². The molecule has 15 heavy (non-hydrogen) atoms. The summed E-state index contributed by atoms with van der Waals surface area (Å²) < 4.78 is 0. The predicted octanol–water partition coefficient (Wildman–Crippen LogP) is 2.05. The lowest BCUT2D eigenvalue weighted by Crippen LogP contribution is -2.22. The first-order valence-corrected chi connectivity index (χ1v) is 5.31. The first kappa shape index (κ1) is 11.5. The van der Waals surface area contributed by atoms with Gasteiger partial charge in [0, 0.05) is 19.0 Å². The zero-order chi connectivity index (χ0) is 11.4. The van der Waals surface area contributed by atoms with Gasteiger partial charge in [-0.15, -0.1) is 11.3 Å². The van der Waals surface area contributed by atoms with Gasteiger partial charge in [-0.2, -0.15) is 5.26 Å². The average Bonchev–Trinajstić information content (AvgIpc) is 2.59. The number of aryl methyl sites for hydroxylation is 1. The first-order valence-electron chi connectivity index (χ1n) is 4.43. The minimum atomic E-state index is -0.259. The van der Waals surface area contributed by atoms with E-state index in [2.05, 4.69) is 0 Å². The molecule has 4 heteroatoms. The number of rotatable bonds is 2. The molecule has 1 amide bonds. The molecule has 0 atom stereocenters. The Bertz CT molecular complexity index is 438. The van der Waals surface area contributed by atoms with Gasteiger partial charge in [0.1, 0.15) is 11.6 Å².